The van der Waals surface area contributed by atoms with E-state index in [2.05, 4.69) is 13.0 Å². The highest BCUT2D eigenvalue weighted by Gasteiger charge is 2.07. The Balaban J connectivity index is 3.31. The summed E-state index contributed by atoms with van der Waals surface area (Å²) in [5.74, 6) is -0.327. The van der Waals surface area contributed by atoms with Crippen molar-refractivity contribution in [3.63, 3.8) is 0 Å². The lowest BCUT2D eigenvalue weighted by Crippen LogP contribution is -2.27. The van der Waals surface area contributed by atoms with Crippen LogP contribution in [-0.2, 0) is 4.79 Å². The van der Waals surface area contributed by atoms with Gasteiger partial charge in [-0.1, -0.05) is 89.4 Å². The first-order valence-electron chi connectivity index (χ1n) is 9.47. The van der Waals surface area contributed by atoms with Gasteiger partial charge in [-0.2, -0.15) is 0 Å². The first kappa shape index (κ1) is 22.1. The minimum atomic E-state index is -1.06. The van der Waals surface area contributed by atoms with Crippen LogP contribution in [0.25, 0.3) is 0 Å². The topological polar surface area (TPSA) is 63.3 Å². The van der Waals surface area contributed by atoms with Crippen LogP contribution in [0.3, 0.4) is 0 Å². The van der Waals surface area contributed by atoms with Gasteiger partial charge in [-0.25, -0.2) is 0 Å². The summed E-state index contributed by atoms with van der Waals surface area (Å²) in [5, 5.41) is 9.19. The number of nitrogens with two attached hydrogens (primary N) is 1. The molecule has 3 heteroatoms. The number of hydrogen-bond acceptors (Lipinski definition) is 3. The summed E-state index contributed by atoms with van der Waals surface area (Å²) >= 11 is 0. The van der Waals surface area contributed by atoms with Crippen molar-refractivity contribution in [2.24, 2.45) is 5.73 Å². The van der Waals surface area contributed by atoms with Crippen LogP contribution in [0.4, 0.5) is 0 Å². The van der Waals surface area contributed by atoms with Gasteiger partial charge in [0.25, 0.3) is 0 Å². The normalized spacial score (nSPS) is 13.2. The van der Waals surface area contributed by atoms with Gasteiger partial charge in [-0.3, -0.25) is 4.79 Å². The third-order valence-corrected chi connectivity index (χ3v) is 4.03. The Bertz CT molecular complexity index is 324. The van der Waals surface area contributed by atoms with Crippen molar-refractivity contribution in [3.8, 4) is 0 Å². The van der Waals surface area contributed by atoms with E-state index in [0.717, 1.165) is 6.42 Å². The summed E-state index contributed by atoms with van der Waals surface area (Å²) in [6.45, 7) is 2.24. The second-order valence-electron chi connectivity index (χ2n) is 6.27. The maximum atomic E-state index is 11.3. The predicted molar refractivity (Wildman–Crippen MR) is 99.4 cm³/mol. The van der Waals surface area contributed by atoms with E-state index in [-0.39, 0.29) is 12.3 Å². The van der Waals surface area contributed by atoms with Crippen LogP contribution in [0, 0.1) is 0 Å². The number of rotatable bonds is 16. The lowest BCUT2D eigenvalue weighted by atomic mass is 10.1. The molecular formula is C20H37NO2. The molecule has 0 aliphatic carbocycles. The predicted octanol–water partition coefficient (Wildman–Crippen LogP) is 4.69. The van der Waals surface area contributed by atoms with Crippen LogP contribution in [0.5, 0.6) is 0 Å². The van der Waals surface area contributed by atoms with E-state index in [0.29, 0.717) is 0 Å². The van der Waals surface area contributed by atoms with Gasteiger partial charge in [-0.05, 0) is 18.9 Å². The van der Waals surface area contributed by atoms with Crippen molar-refractivity contribution in [1.82, 2.24) is 0 Å². The monoisotopic (exact) mass is 323 g/mol. The second-order valence-corrected chi connectivity index (χ2v) is 6.27. The number of hydrogen-bond donors (Lipinski definition) is 2. The van der Waals surface area contributed by atoms with Crippen molar-refractivity contribution in [1.29, 1.82) is 0 Å². The van der Waals surface area contributed by atoms with Crippen LogP contribution in [-0.4, -0.2) is 23.5 Å². The molecule has 0 aromatic rings. The van der Waals surface area contributed by atoms with E-state index < -0.39 is 6.10 Å². The fourth-order valence-corrected chi connectivity index (χ4v) is 2.48. The van der Waals surface area contributed by atoms with Gasteiger partial charge in [0, 0.05) is 6.54 Å². The van der Waals surface area contributed by atoms with Crippen LogP contribution < -0.4 is 5.73 Å². The van der Waals surface area contributed by atoms with Crippen molar-refractivity contribution in [3.05, 3.63) is 24.3 Å². The average Bonchev–Trinajstić information content (AvgIpc) is 2.57. The van der Waals surface area contributed by atoms with Gasteiger partial charge in [0.2, 0.25) is 0 Å². The van der Waals surface area contributed by atoms with Gasteiger partial charge in [0.15, 0.2) is 5.78 Å². The smallest absolute Gasteiger partial charge is 0.185 e. The van der Waals surface area contributed by atoms with Crippen LogP contribution in [0.1, 0.15) is 84.0 Å². The van der Waals surface area contributed by atoms with Crippen molar-refractivity contribution >= 4 is 5.78 Å². The standard InChI is InChI=1S/C20H37NO2/c1-2-3-4-5-6-7-8-9-10-11-12-13-14-15-16-17-19(22)20(23)18-21/h14-17,20,23H,2-13,18,21H2,1H3. The summed E-state index contributed by atoms with van der Waals surface area (Å²) in [6.07, 6.45) is 21.9. The molecule has 3 nitrogen and oxygen atoms in total. The number of carbonyl (C=O) groups is 1. The first-order chi connectivity index (χ1) is 11.2. The number of ketones is 1. The molecule has 0 aromatic heterocycles. The summed E-state index contributed by atoms with van der Waals surface area (Å²) in [5.41, 5.74) is 5.21. The van der Waals surface area contributed by atoms with E-state index in [1.807, 2.05) is 6.08 Å². The van der Waals surface area contributed by atoms with E-state index in [1.54, 1.807) is 6.08 Å². The van der Waals surface area contributed by atoms with Gasteiger partial charge in [0.1, 0.15) is 6.10 Å². The molecule has 0 saturated heterocycles. The summed E-state index contributed by atoms with van der Waals surface area (Å²) in [4.78, 5) is 11.3. The molecule has 23 heavy (non-hydrogen) atoms. The zero-order chi connectivity index (χ0) is 17.2. The van der Waals surface area contributed by atoms with Gasteiger partial charge in [0.05, 0.1) is 0 Å². The van der Waals surface area contributed by atoms with E-state index in [1.165, 1.54) is 76.7 Å². The van der Waals surface area contributed by atoms with Crippen molar-refractivity contribution < 1.29 is 9.90 Å². The maximum absolute atomic E-state index is 11.3. The molecule has 0 rings (SSSR count). The molecule has 0 heterocycles. The molecule has 0 aromatic carbocycles. The Morgan fingerprint density at radius 2 is 1.43 bits per heavy atom. The molecule has 0 amide bonds. The molecule has 0 radical (unpaired) electrons. The van der Waals surface area contributed by atoms with Gasteiger partial charge in [-0.15, -0.1) is 0 Å². The molecule has 1 unspecified atom stereocenters. The summed E-state index contributed by atoms with van der Waals surface area (Å²) in [6, 6.07) is 0. The van der Waals surface area contributed by atoms with E-state index in [4.69, 9.17) is 5.73 Å². The first-order valence-corrected chi connectivity index (χ1v) is 9.47. The number of aliphatic hydroxyl groups is 1. The van der Waals surface area contributed by atoms with Crippen LogP contribution in [0.15, 0.2) is 24.3 Å². The number of unbranched alkanes of at least 4 members (excludes halogenated alkanes) is 11. The quantitative estimate of drug-likeness (QED) is 0.246. The highest BCUT2D eigenvalue weighted by atomic mass is 16.3. The van der Waals surface area contributed by atoms with E-state index >= 15 is 0 Å². The summed E-state index contributed by atoms with van der Waals surface area (Å²) in [7, 11) is 0. The zero-order valence-electron chi connectivity index (χ0n) is 15.0. The lowest BCUT2D eigenvalue weighted by Gasteiger charge is -2.01. The number of allylic oxidation sites excluding steroid dienone is 3. The van der Waals surface area contributed by atoms with Crippen LogP contribution in [0.2, 0.25) is 0 Å². The minimum Gasteiger partial charge on any atom is -0.384 e. The maximum Gasteiger partial charge on any atom is 0.185 e. The third-order valence-electron chi connectivity index (χ3n) is 4.03. The Hall–Kier alpha value is -0.930. The van der Waals surface area contributed by atoms with E-state index in [9.17, 15) is 9.90 Å². The largest absolute Gasteiger partial charge is 0.384 e. The molecule has 134 valence electrons. The van der Waals surface area contributed by atoms with Gasteiger partial charge >= 0.3 is 0 Å². The minimum absolute atomic E-state index is 0.0222. The average molecular weight is 324 g/mol. The fourth-order valence-electron chi connectivity index (χ4n) is 2.48. The highest BCUT2D eigenvalue weighted by Crippen LogP contribution is 2.11. The SMILES string of the molecule is CCCCCCCCCCCCCC=CC=CC(=O)C(O)CN. The molecule has 0 saturated carbocycles. The molecule has 0 aliphatic rings. The molecule has 0 spiro atoms. The fraction of sp³-hybridized carbons (Fsp3) is 0.750. The Morgan fingerprint density at radius 1 is 0.913 bits per heavy atom. The number of carbonyl (C=O) groups excluding carboxylic acids is 1. The Kier molecular flexibility index (Phi) is 16.7. The van der Waals surface area contributed by atoms with Crippen molar-refractivity contribution in [2.45, 2.75) is 90.1 Å². The lowest BCUT2D eigenvalue weighted by molar-refractivity contribution is -0.121. The van der Waals surface area contributed by atoms with Crippen LogP contribution >= 0.6 is 0 Å². The Labute approximate surface area is 143 Å². The summed E-state index contributed by atoms with van der Waals surface area (Å²) < 4.78 is 0. The molecule has 1 atom stereocenters. The molecular weight excluding hydrogens is 286 g/mol. The molecule has 0 aliphatic heterocycles. The molecule has 0 bridgehead atoms. The third kappa shape index (κ3) is 15.7. The van der Waals surface area contributed by atoms with Crippen molar-refractivity contribution in [2.75, 3.05) is 6.54 Å². The molecule has 3 N–H and O–H groups in total. The zero-order valence-corrected chi connectivity index (χ0v) is 15.0. The Morgan fingerprint density at radius 3 is 1.96 bits per heavy atom. The number of aliphatic hydroxyl groups excluding tert-OH is 1. The van der Waals surface area contributed by atoms with Gasteiger partial charge < -0.3 is 10.8 Å². The molecule has 0 fully saturated rings. The highest BCUT2D eigenvalue weighted by molar-refractivity contribution is 5.93. The second kappa shape index (κ2) is 17.4.